The number of anilines is 1. The Bertz CT molecular complexity index is 965. The molecule has 1 saturated heterocycles. The van der Waals surface area contributed by atoms with Gasteiger partial charge in [-0.2, -0.15) is 4.31 Å². The van der Waals surface area contributed by atoms with E-state index in [4.69, 9.17) is 0 Å². The summed E-state index contributed by atoms with van der Waals surface area (Å²) in [4.78, 5) is 13.7. The van der Waals surface area contributed by atoms with Crippen LogP contribution in [0.4, 0.5) is 5.69 Å². The highest BCUT2D eigenvalue weighted by Gasteiger charge is 2.31. The van der Waals surface area contributed by atoms with E-state index >= 15 is 0 Å². The van der Waals surface area contributed by atoms with E-state index in [2.05, 4.69) is 5.32 Å². The first kappa shape index (κ1) is 20.5. The van der Waals surface area contributed by atoms with Gasteiger partial charge in [0, 0.05) is 5.69 Å². The summed E-state index contributed by atoms with van der Waals surface area (Å²) in [6.07, 6.45) is 0. The molecule has 1 aliphatic rings. The van der Waals surface area contributed by atoms with Crippen LogP contribution < -0.4 is 10.2 Å². The van der Waals surface area contributed by atoms with Crippen molar-refractivity contribution in [3.8, 4) is 0 Å². The van der Waals surface area contributed by atoms with Gasteiger partial charge in [-0.05, 0) is 61.7 Å². The standard InChI is InChI=1S/C21H27N3O3S/c1-16-5-4-6-19(13-16)22-21(25)15-23-9-11-24(12-10-23)28(26,27)20-8-7-17(2)18(3)14-20/h4-8,13-14H,9-12,15H2,1-3H3,(H,22,25)/p+1. The van der Waals surface area contributed by atoms with Gasteiger partial charge in [0.15, 0.2) is 6.54 Å². The highest BCUT2D eigenvalue weighted by Crippen LogP contribution is 2.19. The Kier molecular flexibility index (Phi) is 6.17. The molecule has 0 atom stereocenters. The molecular weight excluding hydrogens is 374 g/mol. The van der Waals surface area contributed by atoms with Crippen LogP contribution in [0.3, 0.4) is 0 Å². The summed E-state index contributed by atoms with van der Waals surface area (Å²) in [5, 5.41) is 2.92. The third-order valence-corrected chi connectivity index (χ3v) is 7.15. The molecule has 1 aliphatic heterocycles. The zero-order valence-corrected chi connectivity index (χ0v) is 17.5. The van der Waals surface area contributed by atoms with Gasteiger partial charge in [0.1, 0.15) is 0 Å². The Labute approximate surface area is 167 Å². The largest absolute Gasteiger partial charge is 0.325 e. The molecule has 0 unspecified atom stereocenters. The maximum absolute atomic E-state index is 12.9. The Morgan fingerprint density at radius 2 is 1.75 bits per heavy atom. The minimum atomic E-state index is -3.49. The van der Waals surface area contributed by atoms with Gasteiger partial charge in [0.2, 0.25) is 10.0 Å². The van der Waals surface area contributed by atoms with Crippen LogP contribution in [-0.2, 0) is 14.8 Å². The molecule has 1 fully saturated rings. The molecule has 0 radical (unpaired) electrons. The van der Waals surface area contributed by atoms with Gasteiger partial charge in [0.05, 0.1) is 31.1 Å². The van der Waals surface area contributed by atoms with Crippen LogP contribution in [0.2, 0.25) is 0 Å². The minimum absolute atomic E-state index is 0.0499. The molecule has 1 amide bonds. The quantitative estimate of drug-likeness (QED) is 0.788. The van der Waals surface area contributed by atoms with E-state index in [1.54, 1.807) is 12.1 Å². The summed E-state index contributed by atoms with van der Waals surface area (Å²) in [5.41, 5.74) is 3.93. The molecule has 28 heavy (non-hydrogen) atoms. The lowest BCUT2D eigenvalue weighted by Crippen LogP contribution is -3.15. The first-order valence-electron chi connectivity index (χ1n) is 9.53. The third-order valence-electron chi connectivity index (χ3n) is 5.26. The van der Waals surface area contributed by atoms with Crippen LogP contribution in [0.5, 0.6) is 0 Å². The van der Waals surface area contributed by atoms with Crippen LogP contribution in [0, 0.1) is 20.8 Å². The van der Waals surface area contributed by atoms with Crippen LogP contribution in [-0.4, -0.2) is 51.4 Å². The van der Waals surface area contributed by atoms with E-state index in [0.717, 1.165) is 27.3 Å². The first-order valence-corrected chi connectivity index (χ1v) is 11.0. The van der Waals surface area contributed by atoms with Gasteiger partial charge < -0.3 is 10.2 Å². The van der Waals surface area contributed by atoms with E-state index < -0.39 is 10.0 Å². The number of carbonyl (C=O) groups is 1. The molecule has 7 heteroatoms. The van der Waals surface area contributed by atoms with Gasteiger partial charge in [-0.25, -0.2) is 8.42 Å². The van der Waals surface area contributed by atoms with Gasteiger partial charge in [0.25, 0.3) is 5.91 Å². The fourth-order valence-corrected chi connectivity index (χ4v) is 4.93. The van der Waals surface area contributed by atoms with Gasteiger partial charge >= 0.3 is 0 Å². The molecule has 2 N–H and O–H groups in total. The van der Waals surface area contributed by atoms with Crippen LogP contribution in [0.15, 0.2) is 47.4 Å². The van der Waals surface area contributed by atoms with E-state index in [9.17, 15) is 13.2 Å². The number of amides is 1. The summed E-state index contributed by atoms with van der Waals surface area (Å²) < 4.78 is 27.3. The van der Waals surface area contributed by atoms with Crippen molar-refractivity contribution in [1.82, 2.24) is 4.31 Å². The second-order valence-electron chi connectivity index (χ2n) is 7.49. The minimum Gasteiger partial charge on any atom is -0.325 e. The van der Waals surface area contributed by atoms with Crippen molar-refractivity contribution < 1.29 is 18.1 Å². The first-order chi connectivity index (χ1) is 13.3. The number of quaternary nitrogens is 1. The fourth-order valence-electron chi connectivity index (χ4n) is 3.40. The topological polar surface area (TPSA) is 70.9 Å². The Morgan fingerprint density at radius 1 is 1.04 bits per heavy atom. The molecule has 1 heterocycles. The van der Waals surface area contributed by atoms with Crippen molar-refractivity contribution in [3.05, 3.63) is 59.2 Å². The SMILES string of the molecule is Cc1cccc(NC(=O)C[NH+]2CCN(S(=O)(=O)c3ccc(C)c(C)c3)CC2)c1. The van der Waals surface area contributed by atoms with Crippen molar-refractivity contribution in [2.45, 2.75) is 25.7 Å². The smallest absolute Gasteiger partial charge is 0.279 e. The van der Waals surface area contributed by atoms with E-state index in [-0.39, 0.29) is 5.91 Å². The number of nitrogens with zero attached hydrogens (tertiary/aromatic N) is 1. The van der Waals surface area contributed by atoms with Gasteiger partial charge in [-0.1, -0.05) is 18.2 Å². The van der Waals surface area contributed by atoms with Crippen molar-refractivity contribution >= 4 is 21.6 Å². The van der Waals surface area contributed by atoms with E-state index in [0.29, 0.717) is 37.6 Å². The van der Waals surface area contributed by atoms with E-state index in [1.165, 1.54) is 4.31 Å². The number of nitrogens with one attached hydrogen (secondary N) is 2. The lowest BCUT2D eigenvalue weighted by molar-refractivity contribution is -0.895. The number of hydrogen-bond acceptors (Lipinski definition) is 3. The zero-order chi connectivity index (χ0) is 20.3. The number of rotatable bonds is 5. The maximum atomic E-state index is 12.9. The second-order valence-corrected chi connectivity index (χ2v) is 9.43. The number of benzene rings is 2. The molecule has 6 nitrogen and oxygen atoms in total. The lowest BCUT2D eigenvalue weighted by atomic mass is 10.1. The summed E-state index contributed by atoms with van der Waals surface area (Å²) in [6.45, 7) is 8.28. The Hall–Kier alpha value is -2.22. The number of hydrogen-bond donors (Lipinski definition) is 2. The molecule has 3 rings (SSSR count). The summed E-state index contributed by atoms with van der Waals surface area (Å²) in [6, 6.07) is 12.9. The van der Waals surface area contributed by atoms with Crippen molar-refractivity contribution in [1.29, 1.82) is 0 Å². The van der Waals surface area contributed by atoms with Crippen LogP contribution in [0.1, 0.15) is 16.7 Å². The average Bonchev–Trinajstić information content (AvgIpc) is 2.64. The van der Waals surface area contributed by atoms with Crippen molar-refractivity contribution in [3.63, 3.8) is 0 Å². The molecule has 0 spiro atoms. The number of piperazine rings is 1. The lowest BCUT2D eigenvalue weighted by Gasteiger charge is -2.31. The monoisotopic (exact) mass is 402 g/mol. The number of aryl methyl sites for hydroxylation is 3. The summed E-state index contributed by atoms with van der Waals surface area (Å²) in [7, 11) is -3.49. The second kappa shape index (κ2) is 8.43. The Balaban J connectivity index is 1.56. The van der Waals surface area contributed by atoms with E-state index in [1.807, 2.05) is 51.1 Å². The zero-order valence-electron chi connectivity index (χ0n) is 16.7. The number of carbonyl (C=O) groups excluding carboxylic acids is 1. The predicted octanol–water partition coefficient (Wildman–Crippen LogP) is 1.14. The maximum Gasteiger partial charge on any atom is 0.279 e. The van der Waals surface area contributed by atoms with Crippen molar-refractivity contribution in [2.75, 3.05) is 38.0 Å². The molecule has 0 saturated carbocycles. The molecule has 0 aliphatic carbocycles. The highest BCUT2D eigenvalue weighted by atomic mass is 32.2. The molecule has 2 aromatic carbocycles. The van der Waals surface area contributed by atoms with Crippen LogP contribution in [0.25, 0.3) is 0 Å². The number of sulfonamides is 1. The summed E-state index contributed by atoms with van der Waals surface area (Å²) >= 11 is 0. The van der Waals surface area contributed by atoms with Crippen LogP contribution >= 0.6 is 0 Å². The third kappa shape index (κ3) is 4.79. The van der Waals surface area contributed by atoms with Crippen molar-refractivity contribution in [2.24, 2.45) is 0 Å². The molecule has 0 aromatic heterocycles. The van der Waals surface area contributed by atoms with Gasteiger partial charge in [-0.3, -0.25) is 4.79 Å². The average molecular weight is 403 g/mol. The molecular formula is C21H28N3O3S+. The molecule has 2 aromatic rings. The Morgan fingerprint density at radius 3 is 2.39 bits per heavy atom. The molecule has 150 valence electrons. The fraction of sp³-hybridized carbons (Fsp3) is 0.381. The summed E-state index contributed by atoms with van der Waals surface area (Å²) in [5.74, 6) is -0.0499. The normalized spacial score (nSPS) is 16.1. The van der Waals surface area contributed by atoms with Gasteiger partial charge in [-0.15, -0.1) is 0 Å². The highest BCUT2D eigenvalue weighted by molar-refractivity contribution is 7.89. The predicted molar refractivity (Wildman–Crippen MR) is 110 cm³/mol. The molecule has 0 bridgehead atoms.